The first-order valence-corrected chi connectivity index (χ1v) is 8.58. The van der Waals surface area contributed by atoms with E-state index >= 15 is 0 Å². The molecule has 4 heteroatoms. The van der Waals surface area contributed by atoms with Gasteiger partial charge in [-0.25, -0.2) is 0 Å². The molecule has 0 bridgehead atoms. The summed E-state index contributed by atoms with van der Waals surface area (Å²) in [5, 5.41) is 6.97. The zero-order valence-corrected chi connectivity index (χ0v) is 13.3. The maximum Gasteiger partial charge on any atom is 0.251 e. The standard InChI is InChI=1S/C17H22N2OS/c1-12(13-10-18-11-13)17(20)19-15-8-4-5-9-16(15)21-14-6-2-3-7-14/h4-5,8-9,14,18H,2-3,6-7,10-11H2,1H3,(H,19,20). The van der Waals surface area contributed by atoms with Gasteiger partial charge in [-0.15, -0.1) is 11.8 Å². The van der Waals surface area contributed by atoms with E-state index in [4.69, 9.17) is 0 Å². The second-order valence-electron chi connectivity index (χ2n) is 5.81. The third kappa shape index (κ3) is 3.50. The van der Waals surface area contributed by atoms with Crippen LogP contribution in [-0.4, -0.2) is 24.2 Å². The fourth-order valence-corrected chi connectivity index (χ4v) is 4.08. The van der Waals surface area contributed by atoms with Gasteiger partial charge in [-0.3, -0.25) is 4.79 Å². The molecule has 0 aromatic heterocycles. The molecule has 1 heterocycles. The van der Waals surface area contributed by atoms with Crippen molar-refractivity contribution in [3.05, 3.63) is 35.4 Å². The van der Waals surface area contributed by atoms with E-state index in [1.807, 2.05) is 36.9 Å². The molecule has 112 valence electrons. The van der Waals surface area contributed by atoms with Crippen LogP contribution in [0.5, 0.6) is 0 Å². The highest BCUT2D eigenvalue weighted by molar-refractivity contribution is 8.00. The SMILES string of the molecule is CC(C(=O)Nc1ccccc1SC1CCCC1)=C1CNC1. The number of para-hydroxylation sites is 1. The number of carbonyl (C=O) groups excluding carboxylic acids is 1. The van der Waals surface area contributed by atoms with Gasteiger partial charge >= 0.3 is 0 Å². The van der Waals surface area contributed by atoms with E-state index in [1.165, 1.54) is 36.2 Å². The molecule has 1 amide bonds. The summed E-state index contributed by atoms with van der Waals surface area (Å²) in [5.74, 6) is 0.0333. The fourth-order valence-electron chi connectivity index (χ4n) is 2.75. The van der Waals surface area contributed by atoms with Crippen molar-refractivity contribution in [2.45, 2.75) is 42.8 Å². The Bertz CT molecular complexity index is 556. The summed E-state index contributed by atoms with van der Waals surface area (Å²) < 4.78 is 0. The average Bonchev–Trinajstić information content (AvgIpc) is 2.92. The number of thioether (sulfide) groups is 1. The van der Waals surface area contributed by atoms with Crippen LogP contribution < -0.4 is 10.6 Å². The number of hydrogen-bond donors (Lipinski definition) is 2. The molecule has 1 aromatic rings. The lowest BCUT2D eigenvalue weighted by atomic mass is 10.0. The second-order valence-corrected chi connectivity index (χ2v) is 7.15. The van der Waals surface area contributed by atoms with Crippen molar-refractivity contribution < 1.29 is 4.79 Å². The summed E-state index contributed by atoms with van der Waals surface area (Å²) in [6.07, 6.45) is 5.26. The van der Waals surface area contributed by atoms with Gasteiger partial charge < -0.3 is 10.6 Å². The maximum atomic E-state index is 12.3. The van der Waals surface area contributed by atoms with Crippen molar-refractivity contribution in [2.24, 2.45) is 0 Å². The van der Waals surface area contributed by atoms with Crippen molar-refractivity contribution in [2.75, 3.05) is 18.4 Å². The summed E-state index contributed by atoms with van der Waals surface area (Å²) in [4.78, 5) is 13.5. The smallest absolute Gasteiger partial charge is 0.251 e. The Balaban J connectivity index is 1.71. The van der Waals surface area contributed by atoms with Crippen LogP contribution in [0.2, 0.25) is 0 Å². The number of benzene rings is 1. The molecule has 2 fully saturated rings. The Morgan fingerprint density at radius 3 is 2.62 bits per heavy atom. The quantitative estimate of drug-likeness (QED) is 0.835. The molecule has 0 atom stereocenters. The van der Waals surface area contributed by atoms with Crippen LogP contribution in [0.15, 0.2) is 40.3 Å². The number of amides is 1. The van der Waals surface area contributed by atoms with E-state index in [2.05, 4.69) is 16.7 Å². The molecule has 1 aliphatic carbocycles. The van der Waals surface area contributed by atoms with Crippen LogP contribution in [0.25, 0.3) is 0 Å². The number of nitrogens with one attached hydrogen (secondary N) is 2. The highest BCUT2D eigenvalue weighted by Gasteiger charge is 2.19. The van der Waals surface area contributed by atoms with Crippen LogP contribution in [0, 0.1) is 0 Å². The van der Waals surface area contributed by atoms with Crippen LogP contribution in [0.1, 0.15) is 32.6 Å². The average molecular weight is 302 g/mol. The zero-order chi connectivity index (χ0) is 14.7. The largest absolute Gasteiger partial charge is 0.321 e. The topological polar surface area (TPSA) is 41.1 Å². The molecule has 0 unspecified atom stereocenters. The van der Waals surface area contributed by atoms with E-state index in [-0.39, 0.29) is 5.91 Å². The van der Waals surface area contributed by atoms with Crippen molar-refractivity contribution >= 4 is 23.4 Å². The number of hydrogen-bond acceptors (Lipinski definition) is 3. The summed E-state index contributed by atoms with van der Waals surface area (Å²) >= 11 is 1.92. The predicted molar refractivity (Wildman–Crippen MR) is 88.8 cm³/mol. The first-order valence-electron chi connectivity index (χ1n) is 7.70. The van der Waals surface area contributed by atoms with Gasteiger partial charge in [0.15, 0.2) is 0 Å². The lowest BCUT2D eigenvalue weighted by Crippen LogP contribution is -2.36. The van der Waals surface area contributed by atoms with Crippen LogP contribution in [0.3, 0.4) is 0 Å². The molecule has 1 saturated carbocycles. The minimum Gasteiger partial charge on any atom is -0.321 e. The summed E-state index contributed by atoms with van der Waals surface area (Å²) in [6, 6.07) is 8.16. The molecule has 0 spiro atoms. The van der Waals surface area contributed by atoms with Gasteiger partial charge in [0.2, 0.25) is 0 Å². The number of rotatable bonds is 4. The lowest BCUT2D eigenvalue weighted by Gasteiger charge is -2.22. The molecular formula is C17H22N2OS. The Hall–Kier alpha value is -1.26. The molecule has 2 N–H and O–H groups in total. The van der Waals surface area contributed by atoms with Gasteiger partial charge in [0.1, 0.15) is 0 Å². The Morgan fingerprint density at radius 2 is 1.95 bits per heavy atom. The predicted octanol–water partition coefficient (Wildman–Crippen LogP) is 3.58. The van der Waals surface area contributed by atoms with Gasteiger partial charge in [0.05, 0.1) is 5.69 Å². The summed E-state index contributed by atoms with van der Waals surface area (Å²) in [7, 11) is 0. The van der Waals surface area contributed by atoms with Gasteiger partial charge in [-0.2, -0.15) is 0 Å². The highest BCUT2D eigenvalue weighted by Crippen LogP contribution is 2.38. The maximum absolute atomic E-state index is 12.3. The molecule has 3 rings (SSSR count). The Labute approximate surface area is 130 Å². The molecule has 21 heavy (non-hydrogen) atoms. The van der Waals surface area contributed by atoms with Crippen molar-refractivity contribution in [3.8, 4) is 0 Å². The monoisotopic (exact) mass is 302 g/mol. The molecular weight excluding hydrogens is 280 g/mol. The zero-order valence-electron chi connectivity index (χ0n) is 12.4. The van der Waals surface area contributed by atoms with Gasteiger partial charge in [0, 0.05) is 28.8 Å². The first-order chi connectivity index (χ1) is 10.2. The molecule has 2 aliphatic rings. The Kier molecular flexibility index (Phi) is 4.66. The van der Waals surface area contributed by atoms with Crippen LogP contribution in [-0.2, 0) is 4.79 Å². The van der Waals surface area contributed by atoms with Crippen molar-refractivity contribution in [1.29, 1.82) is 0 Å². The van der Waals surface area contributed by atoms with Crippen LogP contribution >= 0.6 is 11.8 Å². The number of carbonyl (C=O) groups is 1. The summed E-state index contributed by atoms with van der Waals surface area (Å²) in [6.45, 7) is 3.60. The fraction of sp³-hybridized carbons (Fsp3) is 0.471. The van der Waals surface area contributed by atoms with E-state index in [0.717, 1.165) is 24.4 Å². The first kappa shape index (κ1) is 14.7. The molecule has 1 aliphatic heterocycles. The van der Waals surface area contributed by atoms with Crippen molar-refractivity contribution in [1.82, 2.24) is 5.32 Å². The number of anilines is 1. The van der Waals surface area contributed by atoms with E-state index in [0.29, 0.717) is 5.25 Å². The second kappa shape index (κ2) is 6.67. The van der Waals surface area contributed by atoms with Gasteiger partial charge in [0.25, 0.3) is 5.91 Å². The van der Waals surface area contributed by atoms with Gasteiger partial charge in [-0.05, 0) is 37.5 Å². The molecule has 1 aromatic carbocycles. The summed E-state index contributed by atoms with van der Waals surface area (Å²) in [5.41, 5.74) is 3.02. The van der Waals surface area contributed by atoms with E-state index < -0.39 is 0 Å². The minimum absolute atomic E-state index is 0.0333. The molecule has 1 saturated heterocycles. The van der Waals surface area contributed by atoms with E-state index in [9.17, 15) is 4.79 Å². The third-order valence-electron chi connectivity index (χ3n) is 4.28. The van der Waals surface area contributed by atoms with E-state index in [1.54, 1.807) is 0 Å². The normalized spacial score (nSPS) is 18.4. The molecule has 0 radical (unpaired) electrons. The van der Waals surface area contributed by atoms with Crippen LogP contribution in [0.4, 0.5) is 5.69 Å². The lowest BCUT2D eigenvalue weighted by molar-refractivity contribution is -0.112. The molecule has 3 nitrogen and oxygen atoms in total. The van der Waals surface area contributed by atoms with Crippen molar-refractivity contribution in [3.63, 3.8) is 0 Å². The van der Waals surface area contributed by atoms with Gasteiger partial charge in [-0.1, -0.05) is 25.0 Å². The third-order valence-corrected chi connectivity index (χ3v) is 5.69. The minimum atomic E-state index is 0.0333. The highest BCUT2D eigenvalue weighted by atomic mass is 32.2. The Morgan fingerprint density at radius 1 is 1.24 bits per heavy atom.